The molecule has 1 fully saturated rings. The summed E-state index contributed by atoms with van der Waals surface area (Å²) in [6.45, 7) is 14.5. The molecular weight excluding hydrogens is 652 g/mol. The van der Waals surface area contributed by atoms with E-state index in [1.54, 1.807) is 0 Å². The number of carbonyl (C=O) groups excluding carboxylic acids is 2. The summed E-state index contributed by atoms with van der Waals surface area (Å²) in [4.78, 5) is 30.0. The highest BCUT2D eigenvalue weighted by molar-refractivity contribution is 5.70. The first kappa shape index (κ1) is 48.3. The van der Waals surface area contributed by atoms with Gasteiger partial charge < -0.3 is 28.7 Å². The first-order chi connectivity index (χ1) is 25.6. The molecule has 1 heterocycles. The maximum absolute atomic E-state index is 12.6. The van der Waals surface area contributed by atoms with Crippen molar-refractivity contribution in [2.75, 3.05) is 65.7 Å². The lowest BCUT2D eigenvalue weighted by molar-refractivity contribution is -0.161. The molecule has 0 unspecified atom stereocenters. The van der Waals surface area contributed by atoms with Gasteiger partial charge >= 0.3 is 11.9 Å². The standard InChI is InChI=1S/C44H82N2O6/c1-4-7-10-13-14-15-16-17-18-19-20-21-22-23-32-46(36-28-35-45-33-24-25-34-45)37-31-43(48)50-41-40-49-42(47)29-30-44(51-38-26-11-8-5-2)52-39-27-12-9-6-3/h10,13,15-16,44H,4-9,11-12,14,17-41H2,1-3H3/b13-10-,16-15-. The Labute approximate surface area is 320 Å². The van der Waals surface area contributed by atoms with Crippen LogP contribution in [-0.2, 0) is 28.5 Å². The van der Waals surface area contributed by atoms with Crippen LogP contribution in [0.5, 0.6) is 0 Å². The number of ether oxygens (including phenoxy) is 4. The lowest BCUT2D eigenvalue weighted by Crippen LogP contribution is -2.32. The summed E-state index contributed by atoms with van der Waals surface area (Å²) >= 11 is 0. The molecule has 0 spiro atoms. The fourth-order valence-corrected chi connectivity index (χ4v) is 6.48. The van der Waals surface area contributed by atoms with Crippen LogP contribution in [0.15, 0.2) is 24.3 Å². The van der Waals surface area contributed by atoms with Gasteiger partial charge in [-0.25, -0.2) is 0 Å². The number of unbranched alkanes of at least 4 members (excludes halogenated alkanes) is 13. The van der Waals surface area contributed by atoms with Gasteiger partial charge in [-0.15, -0.1) is 0 Å². The van der Waals surface area contributed by atoms with Crippen molar-refractivity contribution in [1.29, 1.82) is 0 Å². The van der Waals surface area contributed by atoms with Crippen LogP contribution in [0, 0.1) is 0 Å². The van der Waals surface area contributed by atoms with Crippen molar-refractivity contribution in [1.82, 2.24) is 9.80 Å². The minimum absolute atomic E-state index is 0.0806. The number of carbonyl (C=O) groups is 2. The Bertz CT molecular complexity index is 846. The van der Waals surface area contributed by atoms with E-state index >= 15 is 0 Å². The zero-order chi connectivity index (χ0) is 37.6. The van der Waals surface area contributed by atoms with Crippen LogP contribution in [0.4, 0.5) is 0 Å². The minimum Gasteiger partial charge on any atom is -0.462 e. The molecule has 8 heteroatoms. The summed E-state index contributed by atoms with van der Waals surface area (Å²) < 4.78 is 22.7. The van der Waals surface area contributed by atoms with Crippen LogP contribution in [-0.4, -0.2) is 93.7 Å². The van der Waals surface area contributed by atoms with E-state index in [-0.39, 0.29) is 37.9 Å². The Morgan fingerprint density at radius 1 is 0.577 bits per heavy atom. The molecule has 0 radical (unpaired) electrons. The fraction of sp³-hybridized carbons (Fsp3) is 0.864. The number of rotatable bonds is 38. The molecule has 0 bridgehead atoms. The fourth-order valence-electron chi connectivity index (χ4n) is 6.48. The molecule has 0 aromatic heterocycles. The van der Waals surface area contributed by atoms with Crippen molar-refractivity contribution >= 4 is 11.9 Å². The highest BCUT2D eigenvalue weighted by Crippen LogP contribution is 2.12. The van der Waals surface area contributed by atoms with Crippen LogP contribution in [0.3, 0.4) is 0 Å². The van der Waals surface area contributed by atoms with E-state index in [0.29, 0.717) is 26.1 Å². The summed E-state index contributed by atoms with van der Waals surface area (Å²) in [7, 11) is 0. The van der Waals surface area contributed by atoms with E-state index in [4.69, 9.17) is 18.9 Å². The number of allylic oxidation sites excluding steroid dienone is 4. The summed E-state index contributed by atoms with van der Waals surface area (Å²) in [5, 5.41) is 0. The molecule has 1 aliphatic rings. The van der Waals surface area contributed by atoms with Gasteiger partial charge in [-0.05, 0) is 96.9 Å². The molecule has 0 saturated carbocycles. The van der Waals surface area contributed by atoms with Crippen molar-refractivity contribution in [3.05, 3.63) is 24.3 Å². The first-order valence-corrected chi connectivity index (χ1v) is 21.9. The van der Waals surface area contributed by atoms with Crippen LogP contribution in [0.25, 0.3) is 0 Å². The van der Waals surface area contributed by atoms with Crippen LogP contribution >= 0.6 is 0 Å². The van der Waals surface area contributed by atoms with Crippen molar-refractivity contribution in [3.8, 4) is 0 Å². The third-order valence-electron chi connectivity index (χ3n) is 9.73. The van der Waals surface area contributed by atoms with Crippen LogP contribution in [0.2, 0.25) is 0 Å². The topological polar surface area (TPSA) is 77.5 Å². The van der Waals surface area contributed by atoms with Crippen LogP contribution in [0.1, 0.15) is 175 Å². The predicted octanol–water partition coefficient (Wildman–Crippen LogP) is 10.6. The number of esters is 2. The molecule has 1 aliphatic heterocycles. The molecule has 0 aromatic rings. The van der Waals surface area contributed by atoms with E-state index in [0.717, 1.165) is 64.7 Å². The molecule has 52 heavy (non-hydrogen) atoms. The van der Waals surface area contributed by atoms with Crippen molar-refractivity contribution in [2.45, 2.75) is 181 Å². The van der Waals surface area contributed by atoms with Gasteiger partial charge in [0.2, 0.25) is 0 Å². The number of likely N-dealkylation sites (tertiary alicyclic amines) is 1. The van der Waals surface area contributed by atoms with Crippen LogP contribution < -0.4 is 0 Å². The third-order valence-corrected chi connectivity index (χ3v) is 9.73. The molecule has 304 valence electrons. The molecule has 0 aromatic carbocycles. The van der Waals surface area contributed by atoms with Gasteiger partial charge in [0.15, 0.2) is 6.29 Å². The Morgan fingerprint density at radius 3 is 1.77 bits per heavy atom. The SMILES string of the molecule is CCC/C=C\C/C=C\CCCCCCCCN(CCCN1CCCC1)CCC(=O)OCCOC(=O)CCC(OCCCCCC)OCCCCCC. The summed E-state index contributed by atoms with van der Waals surface area (Å²) in [6, 6.07) is 0. The summed E-state index contributed by atoms with van der Waals surface area (Å²) in [5.41, 5.74) is 0. The zero-order valence-corrected chi connectivity index (χ0v) is 34.3. The monoisotopic (exact) mass is 735 g/mol. The molecular formula is C44H82N2O6. The Balaban J connectivity index is 2.27. The van der Waals surface area contributed by atoms with Gasteiger partial charge in [0.05, 0.1) is 12.8 Å². The second kappa shape index (κ2) is 37.6. The lowest BCUT2D eigenvalue weighted by atomic mass is 10.1. The average Bonchev–Trinajstić information content (AvgIpc) is 3.67. The Morgan fingerprint density at radius 2 is 1.13 bits per heavy atom. The van der Waals surface area contributed by atoms with E-state index in [9.17, 15) is 9.59 Å². The smallest absolute Gasteiger partial charge is 0.307 e. The Kier molecular flexibility index (Phi) is 34.9. The van der Waals surface area contributed by atoms with Gasteiger partial charge in [-0.3, -0.25) is 9.59 Å². The van der Waals surface area contributed by atoms with Gasteiger partial charge in [-0.1, -0.05) is 116 Å². The quantitative estimate of drug-likeness (QED) is 0.0269. The normalized spacial score (nSPS) is 13.8. The number of hydrogen-bond donors (Lipinski definition) is 0. The highest BCUT2D eigenvalue weighted by atomic mass is 16.7. The lowest BCUT2D eigenvalue weighted by Gasteiger charge is -2.23. The highest BCUT2D eigenvalue weighted by Gasteiger charge is 2.15. The second-order valence-corrected chi connectivity index (χ2v) is 14.6. The maximum Gasteiger partial charge on any atom is 0.307 e. The molecule has 1 saturated heterocycles. The zero-order valence-electron chi connectivity index (χ0n) is 34.3. The summed E-state index contributed by atoms with van der Waals surface area (Å²) in [6.07, 6.45) is 35.0. The van der Waals surface area contributed by atoms with Gasteiger partial charge in [-0.2, -0.15) is 0 Å². The van der Waals surface area contributed by atoms with Gasteiger partial charge in [0.25, 0.3) is 0 Å². The largest absolute Gasteiger partial charge is 0.462 e. The predicted molar refractivity (Wildman–Crippen MR) is 217 cm³/mol. The van der Waals surface area contributed by atoms with Crippen molar-refractivity contribution in [3.63, 3.8) is 0 Å². The molecule has 0 N–H and O–H groups in total. The van der Waals surface area contributed by atoms with E-state index in [1.807, 2.05) is 0 Å². The molecule has 0 aliphatic carbocycles. The molecule has 0 amide bonds. The van der Waals surface area contributed by atoms with Crippen molar-refractivity contribution in [2.24, 2.45) is 0 Å². The number of hydrogen-bond acceptors (Lipinski definition) is 8. The summed E-state index contributed by atoms with van der Waals surface area (Å²) in [5.74, 6) is -0.531. The van der Waals surface area contributed by atoms with E-state index in [2.05, 4.69) is 54.9 Å². The molecule has 8 nitrogen and oxygen atoms in total. The second-order valence-electron chi connectivity index (χ2n) is 14.6. The minimum atomic E-state index is -0.382. The van der Waals surface area contributed by atoms with Gasteiger partial charge in [0.1, 0.15) is 13.2 Å². The van der Waals surface area contributed by atoms with Crippen molar-refractivity contribution < 1.29 is 28.5 Å². The Hall–Kier alpha value is -1.74. The first-order valence-electron chi connectivity index (χ1n) is 21.9. The average molecular weight is 735 g/mol. The number of nitrogens with zero attached hydrogens (tertiary/aromatic N) is 2. The van der Waals surface area contributed by atoms with Gasteiger partial charge in [0, 0.05) is 26.2 Å². The molecule has 1 rings (SSSR count). The molecule has 0 atom stereocenters. The van der Waals surface area contributed by atoms with E-state index in [1.165, 1.54) is 109 Å². The maximum atomic E-state index is 12.6. The van der Waals surface area contributed by atoms with E-state index < -0.39 is 0 Å². The third kappa shape index (κ3) is 31.8.